The van der Waals surface area contributed by atoms with Crippen LogP contribution in [0.3, 0.4) is 0 Å². The molecule has 1 aromatic heterocycles. The lowest BCUT2D eigenvalue weighted by molar-refractivity contribution is 0.0204. The van der Waals surface area contributed by atoms with Crippen molar-refractivity contribution in [2.24, 2.45) is 0 Å². The number of hydrogen-bond donors (Lipinski definition) is 1. The second kappa shape index (κ2) is 7.05. The molecule has 1 N–H and O–H groups in total. The quantitative estimate of drug-likeness (QED) is 0.895. The summed E-state index contributed by atoms with van der Waals surface area (Å²) < 4.78 is 19.0. The summed E-state index contributed by atoms with van der Waals surface area (Å²) >= 11 is 6.99. The van der Waals surface area contributed by atoms with Crippen LogP contribution >= 0.6 is 22.9 Å². The maximum atomic E-state index is 13.2. The van der Waals surface area contributed by atoms with Crippen molar-refractivity contribution < 1.29 is 18.7 Å². The summed E-state index contributed by atoms with van der Waals surface area (Å²) in [5.74, 6) is -0.268. The number of carbonyl (C=O) groups excluding carboxylic acids is 2. The van der Waals surface area contributed by atoms with Crippen molar-refractivity contribution in [2.45, 2.75) is 44.9 Å². The van der Waals surface area contributed by atoms with Crippen molar-refractivity contribution in [1.82, 2.24) is 10.2 Å². The van der Waals surface area contributed by atoms with Crippen LogP contribution < -0.4 is 5.32 Å². The molecule has 0 spiro atoms. The van der Waals surface area contributed by atoms with E-state index in [1.807, 2.05) is 0 Å². The highest BCUT2D eigenvalue weighted by molar-refractivity contribution is 7.17. The number of alkyl halides is 1. The molecule has 2 amide bonds. The number of nitrogens with zero attached hydrogens (tertiary/aromatic N) is 1. The van der Waals surface area contributed by atoms with Crippen molar-refractivity contribution in [3.63, 3.8) is 0 Å². The molecular formula is C15H20ClFN2O3S. The number of likely N-dealkylation sites (tertiary alicyclic amines) is 1. The van der Waals surface area contributed by atoms with Gasteiger partial charge in [0.2, 0.25) is 0 Å². The zero-order valence-electron chi connectivity index (χ0n) is 13.3. The van der Waals surface area contributed by atoms with Crippen LogP contribution in [-0.4, -0.2) is 47.8 Å². The predicted octanol–water partition coefficient (Wildman–Crippen LogP) is 3.48. The molecule has 1 fully saturated rings. The summed E-state index contributed by atoms with van der Waals surface area (Å²) in [4.78, 5) is 26.1. The van der Waals surface area contributed by atoms with Gasteiger partial charge in [0.05, 0.1) is 15.3 Å². The van der Waals surface area contributed by atoms with Gasteiger partial charge in [-0.25, -0.2) is 9.18 Å². The zero-order valence-corrected chi connectivity index (χ0v) is 14.8. The highest BCUT2D eigenvalue weighted by atomic mass is 35.5. The average Bonchev–Trinajstić information content (AvgIpc) is 3.03. The number of amides is 2. The first-order valence-corrected chi connectivity index (χ1v) is 8.51. The fourth-order valence-corrected chi connectivity index (χ4v) is 3.35. The zero-order chi connectivity index (χ0) is 17.2. The van der Waals surface area contributed by atoms with Crippen LogP contribution in [0.15, 0.2) is 12.1 Å². The Labute approximate surface area is 143 Å². The van der Waals surface area contributed by atoms with E-state index in [-0.39, 0.29) is 18.5 Å². The lowest BCUT2D eigenvalue weighted by atomic mass is 10.2. The summed E-state index contributed by atoms with van der Waals surface area (Å²) in [7, 11) is 0. The Morgan fingerprint density at radius 1 is 1.48 bits per heavy atom. The van der Waals surface area contributed by atoms with E-state index in [0.29, 0.717) is 15.6 Å². The third-order valence-corrected chi connectivity index (χ3v) is 4.58. The average molecular weight is 363 g/mol. The fraction of sp³-hybridized carbons (Fsp3) is 0.600. The van der Waals surface area contributed by atoms with Crippen LogP contribution in [0.2, 0.25) is 4.34 Å². The van der Waals surface area contributed by atoms with E-state index in [9.17, 15) is 14.0 Å². The summed E-state index contributed by atoms with van der Waals surface area (Å²) in [5, 5.41) is 2.82. The maximum absolute atomic E-state index is 13.2. The first kappa shape index (κ1) is 18.0. The van der Waals surface area contributed by atoms with Gasteiger partial charge in [0, 0.05) is 12.6 Å². The molecule has 0 radical (unpaired) electrons. The number of rotatable bonds is 3. The van der Waals surface area contributed by atoms with E-state index < -0.39 is 24.4 Å². The standard InChI is InChI=1S/C15H20ClFN2O3S/c1-15(2,3)22-14(21)19-8-9(6-10(19)7-17)18-13(20)11-4-5-12(16)23-11/h4-5,9-10H,6-8H2,1-3H3,(H,18,20). The lowest BCUT2D eigenvalue weighted by Gasteiger charge is -2.27. The molecule has 5 nitrogen and oxygen atoms in total. The van der Waals surface area contributed by atoms with Crippen molar-refractivity contribution in [1.29, 1.82) is 0 Å². The van der Waals surface area contributed by atoms with Crippen LogP contribution in [0.1, 0.15) is 36.9 Å². The first-order chi connectivity index (χ1) is 10.7. The summed E-state index contributed by atoms with van der Waals surface area (Å²) in [6, 6.07) is 2.39. The number of thiophene rings is 1. The van der Waals surface area contributed by atoms with Gasteiger partial charge in [0.1, 0.15) is 12.3 Å². The Bertz CT molecular complexity index is 588. The number of nitrogens with one attached hydrogen (secondary N) is 1. The number of hydrogen-bond acceptors (Lipinski definition) is 4. The molecular weight excluding hydrogens is 343 g/mol. The highest BCUT2D eigenvalue weighted by Gasteiger charge is 2.38. The normalized spacial score (nSPS) is 21.3. The summed E-state index contributed by atoms with van der Waals surface area (Å²) in [6.07, 6.45) is -0.198. The monoisotopic (exact) mass is 362 g/mol. The molecule has 0 aliphatic carbocycles. The van der Waals surface area contributed by atoms with E-state index in [4.69, 9.17) is 16.3 Å². The van der Waals surface area contributed by atoms with E-state index in [0.717, 1.165) is 0 Å². The minimum absolute atomic E-state index is 0.231. The second-order valence-corrected chi connectivity index (χ2v) is 8.17. The summed E-state index contributed by atoms with van der Waals surface area (Å²) in [5.41, 5.74) is -0.646. The van der Waals surface area contributed by atoms with E-state index in [1.165, 1.54) is 16.2 Å². The molecule has 1 saturated heterocycles. The van der Waals surface area contributed by atoms with Gasteiger partial charge in [0.25, 0.3) is 5.91 Å². The SMILES string of the molecule is CC(C)(C)OC(=O)N1CC(NC(=O)c2ccc(Cl)s2)CC1CF. The minimum Gasteiger partial charge on any atom is -0.444 e. The fourth-order valence-electron chi connectivity index (χ4n) is 2.40. The first-order valence-electron chi connectivity index (χ1n) is 7.31. The molecule has 0 aromatic carbocycles. The molecule has 2 unspecified atom stereocenters. The number of halogens is 2. The Morgan fingerprint density at radius 3 is 2.70 bits per heavy atom. The van der Waals surface area contributed by atoms with Gasteiger partial charge in [-0.3, -0.25) is 4.79 Å². The van der Waals surface area contributed by atoms with Crippen LogP contribution in [0, 0.1) is 0 Å². The highest BCUT2D eigenvalue weighted by Crippen LogP contribution is 2.24. The van der Waals surface area contributed by atoms with Crippen LogP contribution in [0.25, 0.3) is 0 Å². The minimum atomic E-state index is -0.670. The summed E-state index contributed by atoms with van der Waals surface area (Å²) in [6.45, 7) is 4.83. The van der Waals surface area contributed by atoms with Gasteiger partial charge in [-0.05, 0) is 39.3 Å². The predicted molar refractivity (Wildman–Crippen MR) is 87.9 cm³/mol. The maximum Gasteiger partial charge on any atom is 0.410 e. The Hall–Kier alpha value is -1.34. The smallest absolute Gasteiger partial charge is 0.410 e. The molecule has 23 heavy (non-hydrogen) atoms. The molecule has 0 saturated carbocycles. The molecule has 0 bridgehead atoms. The van der Waals surface area contributed by atoms with Crippen LogP contribution in [0.5, 0.6) is 0 Å². The third kappa shape index (κ3) is 4.81. The van der Waals surface area contributed by atoms with Crippen LogP contribution in [-0.2, 0) is 4.74 Å². The van der Waals surface area contributed by atoms with Crippen LogP contribution in [0.4, 0.5) is 9.18 Å². The Balaban J connectivity index is 1.98. The largest absolute Gasteiger partial charge is 0.444 e. The van der Waals surface area contributed by atoms with Crippen molar-refractivity contribution >= 4 is 34.9 Å². The molecule has 2 atom stereocenters. The van der Waals surface area contributed by atoms with E-state index in [2.05, 4.69) is 5.32 Å². The third-order valence-electron chi connectivity index (χ3n) is 3.35. The van der Waals surface area contributed by atoms with E-state index in [1.54, 1.807) is 32.9 Å². The van der Waals surface area contributed by atoms with Gasteiger partial charge in [-0.15, -0.1) is 11.3 Å². The Kier molecular flexibility index (Phi) is 5.52. The molecule has 2 heterocycles. The molecule has 1 aliphatic rings. The second-order valence-electron chi connectivity index (χ2n) is 6.45. The van der Waals surface area contributed by atoms with Gasteiger partial charge < -0.3 is 15.0 Å². The van der Waals surface area contributed by atoms with Gasteiger partial charge in [-0.2, -0.15) is 0 Å². The molecule has 2 rings (SSSR count). The topological polar surface area (TPSA) is 58.6 Å². The molecule has 1 aliphatic heterocycles. The van der Waals surface area contributed by atoms with Crippen molar-refractivity contribution in [3.8, 4) is 0 Å². The van der Waals surface area contributed by atoms with E-state index >= 15 is 0 Å². The number of carbonyl (C=O) groups is 2. The van der Waals surface area contributed by atoms with Gasteiger partial charge >= 0.3 is 6.09 Å². The molecule has 128 valence electrons. The van der Waals surface area contributed by atoms with Gasteiger partial charge in [0.15, 0.2) is 0 Å². The van der Waals surface area contributed by atoms with Crippen molar-refractivity contribution in [2.75, 3.05) is 13.2 Å². The van der Waals surface area contributed by atoms with Crippen molar-refractivity contribution in [3.05, 3.63) is 21.3 Å². The Morgan fingerprint density at radius 2 is 2.17 bits per heavy atom. The number of ether oxygens (including phenoxy) is 1. The van der Waals surface area contributed by atoms with Gasteiger partial charge in [-0.1, -0.05) is 11.6 Å². The lowest BCUT2D eigenvalue weighted by Crippen LogP contribution is -2.42. The molecule has 1 aromatic rings. The molecule has 8 heteroatoms.